The Morgan fingerprint density at radius 1 is 0.966 bits per heavy atom. The number of carbonyl (C=O) groups excluding carboxylic acids is 1. The fourth-order valence-corrected chi connectivity index (χ4v) is 3.97. The summed E-state index contributed by atoms with van der Waals surface area (Å²) in [6.45, 7) is 7.18. The number of rotatable bonds is 4. The van der Waals surface area contributed by atoms with E-state index in [2.05, 4.69) is 73.1 Å². The largest absolute Gasteiger partial charge is 0.355 e. The van der Waals surface area contributed by atoms with Crippen LogP contribution in [0.5, 0.6) is 0 Å². The Bertz CT molecular complexity index is 1220. The van der Waals surface area contributed by atoms with E-state index in [4.69, 9.17) is 4.98 Å². The lowest BCUT2D eigenvalue weighted by Crippen LogP contribution is -2.17. The number of amides is 1. The molecule has 146 valence electrons. The van der Waals surface area contributed by atoms with Gasteiger partial charge in [-0.15, -0.1) is 0 Å². The van der Waals surface area contributed by atoms with E-state index in [1.54, 1.807) is 7.05 Å². The zero-order valence-electron chi connectivity index (χ0n) is 17.3. The van der Waals surface area contributed by atoms with Crippen molar-refractivity contribution in [2.75, 3.05) is 7.05 Å². The van der Waals surface area contributed by atoms with Crippen molar-refractivity contribution in [1.82, 2.24) is 14.9 Å². The average molecular weight is 383 g/mol. The van der Waals surface area contributed by atoms with E-state index in [0.29, 0.717) is 5.56 Å². The zero-order chi connectivity index (χ0) is 20.5. The van der Waals surface area contributed by atoms with Gasteiger partial charge in [-0.05, 0) is 55.7 Å². The third kappa shape index (κ3) is 3.31. The molecule has 0 bridgehead atoms. The maximum absolute atomic E-state index is 12.0. The van der Waals surface area contributed by atoms with Gasteiger partial charge in [0.1, 0.15) is 5.82 Å². The van der Waals surface area contributed by atoms with Gasteiger partial charge in [-0.3, -0.25) is 4.79 Å². The number of carbonyl (C=O) groups is 1. The number of aryl methyl sites for hydroxylation is 3. The normalized spacial score (nSPS) is 11.0. The molecule has 4 nitrogen and oxygen atoms in total. The first-order chi connectivity index (χ1) is 14.0. The lowest BCUT2D eigenvalue weighted by atomic mass is 9.94. The minimum Gasteiger partial charge on any atom is -0.355 e. The van der Waals surface area contributed by atoms with Crippen molar-refractivity contribution >= 4 is 16.9 Å². The molecule has 0 unspecified atom stereocenters. The lowest BCUT2D eigenvalue weighted by Gasteiger charge is -2.14. The van der Waals surface area contributed by atoms with Crippen LogP contribution in [0.2, 0.25) is 0 Å². The molecule has 0 aliphatic heterocycles. The molecule has 0 atom stereocenters. The Morgan fingerprint density at radius 2 is 1.72 bits per heavy atom. The van der Waals surface area contributed by atoms with Crippen LogP contribution in [0.1, 0.15) is 28.4 Å². The van der Waals surface area contributed by atoms with E-state index < -0.39 is 0 Å². The minimum absolute atomic E-state index is 0.102. The highest BCUT2D eigenvalue weighted by molar-refractivity contribution is 5.98. The van der Waals surface area contributed by atoms with Crippen molar-refractivity contribution in [3.8, 4) is 22.5 Å². The van der Waals surface area contributed by atoms with Gasteiger partial charge in [0.05, 0.1) is 11.0 Å². The Hall–Kier alpha value is -3.40. The predicted octanol–water partition coefficient (Wildman–Crippen LogP) is 5.37. The van der Waals surface area contributed by atoms with Gasteiger partial charge < -0.3 is 9.88 Å². The number of fused-ring (bicyclic) bond motifs is 1. The van der Waals surface area contributed by atoms with E-state index in [9.17, 15) is 4.79 Å². The SMILES string of the molecule is CCn1c(-c2ccccc2-c2ccc(C)cc2C)nc2cc(C(=O)NC)ccc21. The van der Waals surface area contributed by atoms with Crippen molar-refractivity contribution in [2.24, 2.45) is 0 Å². The van der Waals surface area contributed by atoms with Gasteiger partial charge in [-0.1, -0.05) is 48.0 Å². The van der Waals surface area contributed by atoms with Crippen LogP contribution < -0.4 is 5.32 Å². The highest BCUT2D eigenvalue weighted by Crippen LogP contribution is 2.35. The molecule has 0 saturated heterocycles. The molecule has 3 aromatic carbocycles. The molecule has 1 aromatic heterocycles. The standard InChI is InChI=1S/C25H25N3O/c1-5-28-23-13-11-18(25(29)26-4)15-22(23)27-24(28)21-9-7-6-8-20(21)19-12-10-16(2)14-17(19)3/h6-15H,5H2,1-4H3,(H,26,29). The Kier molecular flexibility index (Phi) is 4.93. The number of hydrogen-bond acceptors (Lipinski definition) is 2. The van der Waals surface area contributed by atoms with E-state index in [1.807, 2.05) is 18.2 Å². The van der Waals surface area contributed by atoms with Gasteiger partial charge in [0.25, 0.3) is 5.91 Å². The van der Waals surface area contributed by atoms with E-state index in [-0.39, 0.29) is 5.91 Å². The second-order valence-electron chi connectivity index (χ2n) is 7.33. The summed E-state index contributed by atoms with van der Waals surface area (Å²) in [4.78, 5) is 17.0. The Labute approximate surface area is 171 Å². The molecule has 0 aliphatic carbocycles. The summed E-state index contributed by atoms with van der Waals surface area (Å²) in [5.41, 5.74) is 8.47. The molecule has 1 heterocycles. The zero-order valence-corrected chi connectivity index (χ0v) is 17.3. The summed E-state index contributed by atoms with van der Waals surface area (Å²) in [6.07, 6.45) is 0. The Balaban J connectivity index is 1.94. The number of nitrogens with zero attached hydrogens (tertiary/aromatic N) is 2. The van der Waals surface area contributed by atoms with Crippen molar-refractivity contribution < 1.29 is 4.79 Å². The highest BCUT2D eigenvalue weighted by atomic mass is 16.1. The van der Waals surface area contributed by atoms with Crippen molar-refractivity contribution in [3.05, 3.63) is 77.4 Å². The van der Waals surface area contributed by atoms with Crippen LogP contribution >= 0.6 is 0 Å². The molecule has 4 aromatic rings. The summed E-state index contributed by atoms with van der Waals surface area (Å²) in [5, 5.41) is 2.68. The Morgan fingerprint density at radius 3 is 2.41 bits per heavy atom. The molecule has 0 fully saturated rings. The first-order valence-corrected chi connectivity index (χ1v) is 9.93. The van der Waals surface area contributed by atoms with Crippen LogP contribution in [-0.2, 0) is 6.54 Å². The number of hydrogen-bond donors (Lipinski definition) is 1. The third-order valence-electron chi connectivity index (χ3n) is 5.39. The van der Waals surface area contributed by atoms with Gasteiger partial charge in [-0.25, -0.2) is 4.98 Å². The highest BCUT2D eigenvalue weighted by Gasteiger charge is 2.17. The van der Waals surface area contributed by atoms with Crippen molar-refractivity contribution in [1.29, 1.82) is 0 Å². The average Bonchev–Trinajstić information content (AvgIpc) is 3.10. The van der Waals surface area contributed by atoms with Crippen molar-refractivity contribution in [3.63, 3.8) is 0 Å². The molecule has 4 heteroatoms. The first kappa shape index (κ1) is 18.9. The molecular weight excluding hydrogens is 358 g/mol. The lowest BCUT2D eigenvalue weighted by molar-refractivity contribution is 0.0963. The van der Waals surface area contributed by atoms with Crippen LogP contribution in [0.25, 0.3) is 33.5 Å². The van der Waals surface area contributed by atoms with Crippen LogP contribution in [0.15, 0.2) is 60.7 Å². The molecule has 0 saturated carbocycles. The number of nitrogens with one attached hydrogen (secondary N) is 1. The summed E-state index contributed by atoms with van der Waals surface area (Å²) in [5.74, 6) is 0.822. The second-order valence-corrected chi connectivity index (χ2v) is 7.33. The maximum Gasteiger partial charge on any atom is 0.251 e. The van der Waals surface area contributed by atoms with Crippen LogP contribution in [0.4, 0.5) is 0 Å². The predicted molar refractivity (Wildman–Crippen MR) is 119 cm³/mol. The number of benzene rings is 3. The number of imidazole rings is 1. The van der Waals surface area contributed by atoms with Gasteiger partial charge in [0.15, 0.2) is 0 Å². The maximum atomic E-state index is 12.0. The summed E-state index contributed by atoms with van der Waals surface area (Å²) < 4.78 is 2.21. The number of aromatic nitrogens is 2. The summed E-state index contributed by atoms with van der Waals surface area (Å²) >= 11 is 0. The smallest absolute Gasteiger partial charge is 0.251 e. The summed E-state index contributed by atoms with van der Waals surface area (Å²) in [6, 6.07) is 20.7. The molecule has 4 rings (SSSR count). The van der Waals surface area contributed by atoms with Gasteiger partial charge in [0, 0.05) is 24.7 Å². The van der Waals surface area contributed by atoms with Gasteiger partial charge >= 0.3 is 0 Å². The molecule has 1 amide bonds. The van der Waals surface area contributed by atoms with Gasteiger partial charge in [-0.2, -0.15) is 0 Å². The molecule has 1 N–H and O–H groups in total. The third-order valence-corrected chi connectivity index (χ3v) is 5.39. The first-order valence-electron chi connectivity index (χ1n) is 9.93. The minimum atomic E-state index is -0.102. The van der Waals surface area contributed by atoms with Crippen LogP contribution in [-0.4, -0.2) is 22.5 Å². The summed E-state index contributed by atoms with van der Waals surface area (Å²) in [7, 11) is 1.64. The van der Waals surface area contributed by atoms with E-state index in [0.717, 1.165) is 29.0 Å². The van der Waals surface area contributed by atoms with E-state index >= 15 is 0 Å². The molecule has 0 aliphatic rings. The monoisotopic (exact) mass is 383 g/mol. The van der Waals surface area contributed by atoms with E-state index in [1.165, 1.54) is 22.3 Å². The fraction of sp³-hybridized carbons (Fsp3) is 0.200. The topological polar surface area (TPSA) is 46.9 Å². The quantitative estimate of drug-likeness (QED) is 0.515. The molecule has 0 radical (unpaired) electrons. The second kappa shape index (κ2) is 7.55. The van der Waals surface area contributed by atoms with Crippen LogP contribution in [0, 0.1) is 13.8 Å². The van der Waals surface area contributed by atoms with Crippen LogP contribution in [0.3, 0.4) is 0 Å². The molecular formula is C25H25N3O. The molecule has 0 spiro atoms. The molecule has 29 heavy (non-hydrogen) atoms. The van der Waals surface area contributed by atoms with Crippen molar-refractivity contribution in [2.45, 2.75) is 27.3 Å². The fourth-order valence-electron chi connectivity index (χ4n) is 3.97. The van der Waals surface area contributed by atoms with Gasteiger partial charge in [0.2, 0.25) is 0 Å².